The van der Waals surface area contributed by atoms with E-state index in [1.807, 2.05) is 55.7 Å². The molecule has 0 aliphatic carbocycles. The fraction of sp³-hybridized carbons (Fsp3) is 0.364. The first-order valence-electron chi connectivity index (χ1n) is 9.85. The van der Waals surface area contributed by atoms with Crippen LogP contribution in [-0.2, 0) is 23.5 Å². The highest BCUT2D eigenvalue weighted by atomic mass is 32.2. The number of nitriles is 1. The first-order valence-corrected chi connectivity index (χ1v) is 11.3. The molecule has 0 radical (unpaired) electrons. The van der Waals surface area contributed by atoms with Crippen LogP contribution in [0.4, 0.5) is 0 Å². The molecule has 0 saturated heterocycles. The molecule has 3 rings (SSSR count). The third-order valence-electron chi connectivity index (χ3n) is 5.18. The second-order valence-electron chi connectivity index (χ2n) is 7.52. The van der Waals surface area contributed by atoms with Crippen LogP contribution in [-0.4, -0.2) is 60.9 Å². The molecule has 7 nitrogen and oxygen atoms in total. The van der Waals surface area contributed by atoms with Crippen molar-refractivity contribution in [1.82, 2.24) is 18.8 Å². The molecule has 0 amide bonds. The number of fused-ring (bicyclic) bond motifs is 1. The fourth-order valence-electron chi connectivity index (χ4n) is 3.34. The maximum Gasteiger partial charge on any atom is 0.243 e. The summed E-state index contributed by atoms with van der Waals surface area (Å²) in [5.41, 5.74) is 3.20. The maximum atomic E-state index is 13.1. The van der Waals surface area contributed by atoms with E-state index < -0.39 is 10.0 Å². The first kappa shape index (κ1) is 22.0. The summed E-state index contributed by atoms with van der Waals surface area (Å²) in [7, 11) is 2.20. The lowest BCUT2D eigenvalue weighted by molar-refractivity contribution is 0.340. The van der Waals surface area contributed by atoms with Crippen molar-refractivity contribution >= 4 is 21.1 Å². The highest BCUT2D eigenvalue weighted by Gasteiger charge is 2.24. The Labute approximate surface area is 178 Å². The minimum absolute atomic E-state index is 0.263. The second-order valence-corrected chi connectivity index (χ2v) is 9.46. The van der Waals surface area contributed by atoms with Crippen molar-refractivity contribution in [3.05, 3.63) is 59.4 Å². The lowest BCUT2D eigenvalue weighted by Crippen LogP contribution is -2.36. The summed E-state index contributed by atoms with van der Waals surface area (Å²) in [6, 6.07) is 14.7. The van der Waals surface area contributed by atoms with Gasteiger partial charge in [-0.25, -0.2) is 13.4 Å². The van der Waals surface area contributed by atoms with E-state index in [-0.39, 0.29) is 4.90 Å². The van der Waals surface area contributed by atoms with Gasteiger partial charge in [-0.2, -0.15) is 9.57 Å². The SMILES string of the molecule is CCN(CCN(C)C)S(=O)(=O)c1ccc2c(c1)nc(Cc1ccc(C#N)cc1)n2C. The van der Waals surface area contributed by atoms with Crippen LogP contribution in [0.2, 0.25) is 0 Å². The van der Waals surface area contributed by atoms with E-state index in [1.54, 1.807) is 24.3 Å². The first-order chi connectivity index (χ1) is 14.3. The minimum atomic E-state index is -3.58. The molecule has 2 aromatic carbocycles. The van der Waals surface area contributed by atoms with Crippen LogP contribution in [0.1, 0.15) is 23.9 Å². The highest BCUT2D eigenvalue weighted by molar-refractivity contribution is 7.89. The maximum absolute atomic E-state index is 13.1. The van der Waals surface area contributed by atoms with Gasteiger partial charge < -0.3 is 9.47 Å². The quantitative estimate of drug-likeness (QED) is 0.554. The Morgan fingerprint density at radius 2 is 1.80 bits per heavy atom. The molecule has 0 saturated carbocycles. The molecule has 3 aromatic rings. The normalized spacial score (nSPS) is 12.0. The van der Waals surface area contributed by atoms with Crippen molar-refractivity contribution in [2.24, 2.45) is 7.05 Å². The van der Waals surface area contributed by atoms with Crippen LogP contribution in [0.3, 0.4) is 0 Å². The van der Waals surface area contributed by atoms with Crippen LogP contribution < -0.4 is 0 Å². The molecular formula is C22H27N5O2S. The smallest absolute Gasteiger partial charge is 0.243 e. The lowest BCUT2D eigenvalue weighted by Gasteiger charge is -2.22. The molecule has 0 unspecified atom stereocenters. The van der Waals surface area contributed by atoms with Crippen molar-refractivity contribution in [2.75, 3.05) is 33.7 Å². The average Bonchev–Trinajstić information content (AvgIpc) is 3.03. The number of aromatic nitrogens is 2. The van der Waals surface area contributed by atoms with Gasteiger partial charge >= 0.3 is 0 Å². The molecule has 1 heterocycles. The van der Waals surface area contributed by atoms with Crippen LogP contribution in [0.5, 0.6) is 0 Å². The molecule has 0 fully saturated rings. The fourth-order valence-corrected chi connectivity index (χ4v) is 4.80. The number of nitrogens with zero attached hydrogens (tertiary/aromatic N) is 5. The molecule has 0 bridgehead atoms. The Morgan fingerprint density at radius 3 is 2.40 bits per heavy atom. The van der Waals surface area contributed by atoms with E-state index in [9.17, 15) is 8.42 Å². The van der Waals surface area contributed by atoms with E-state index in [2.05, 4.69) is 6.07 Å². The Morgan fingerprint density at radius 1 is 1.10 bits per heavy atom. The van der Waals surface area contributed by atoms with Gasteiger partial charge in [0.1, 0.15) is 5.82 Å². The van der Waals surface area contributed by atoms with Gasteiger partial charge in [0, 0.05) is 33.1 Å². The molecule has 1 aromatic heterocycles. The molecule has 0 N–H and O–H groups in total. The summed E-state index contributed by atoms with van der Waals surface area (Å²) in [5.74, 6) is 0.837. The number of aryl methyl sites for hydroxylation is 1. The summed E-state index contributed by atoms with van der Waals surface area (Å²) in [5, 5.41) is 8.95. The zero-order valence-electron chi connectivity index (χ0n) is 17.8. The second kappa shape index (κ2) is 8.96. The summed E-state index contributed by atoms with van der Waals surface area (Å²) in [4.78, 5) is 6.92. The molecule has 8 heteroatoms. The Kier molecular flexibility index (Phi) is 6.56. The van der Waals surface area contributed by atoms with Gasteiger partial charge in [0.05, 0.1) is 27.6 Å². The van der Waals surface area contributed by atoms with Gasteiger partial charge in [-0.15, -0.1) is 0 Å². The number of hydrogen-bond acceptors (Lipinski definition) is 5. The summed E-state index contributed by atoms with van der Waals surface area (Å²) < 4.78 is 29.7. The van der Waals surface area contributed by atoms with Crippen LogP contribution in [0, 0.1) is 11.3 Å². The molecule has 0 aliphatic rings. The Balaban J connectivity index is 1.91. The number of imidazole rings is 1. The zero-order chi connectivity index (χ0) is 21.9. The van der Waals surface area contributed by atoms with Crippen molar-refractivity contribution in [2.45, 2.75) is 18.2 Å². The van der Waals surface area contributed by atoms with E-state index >= 15 is 0 Å². The van der Waals surface area contributed by atoms with Crippen molar-refractivity contribution in [1.29, 1.82) is 5.26 Å². The van der Waals surface area contributed by atoms with Gasteiger partial charge in [-0.3, -0.25) is 0 Å². The third kappa shape index (κ3) is 4.54. The number of likely N-dealkylation sites (N-methyl/N-ethyl adjacent to an activating group) is 2. The van der Waals surface area contributed by atoms with Gasteiger partial charge in [0.15, 0.2) is 0 Å². The predicted octanol–water partition coefficient (Wildman–Crippen LogP) is 2.61. The molecule has 158 valence electrons. The molecular weight excluding hydrogens is 398 g/mol. The standard InChI is InChI=1S/C22H27N5O2S/c1-5-27(13-12-25(2)3)30(28,29)19-10-11-21-20(15-19)24-22(26(21)4)14-17-6-8-18(16-23)9-7-17/h6-11,15H,5,12-14H2,1-4H3. The van der Waals surface area contributed by atoms with Gasteiger partial charge in [-0.1, -0.05) is 19.1 Å². The minimum Gasteiger partial charge on any atom is -0.331 e. The van der Waals surface area contributed by atoms with E-state index in [4.69, 9.17) is 10.2 Å². The van der Waals surface area contributed by atoms with Crippen molar-refractivity contribution in [3.63, 3.8) is 0 Å². The van der Waals surface area contributed by atoms with E-state index in [1.165, 1.54) is 4.31 Å². The van der Waals surface area contributed by atoms with Crippen molar-refractivity contribution < 1.29 is 8.42 Å². The Hall–Kier alpha value is -2.73. The number of hydrogen-bond donors (Lipinski definition) is 0. The van der Waals surface area contributed by atoms with Gasteiger partial charge in [0.25, 0.3) is 0 Å². The average molecular weight is 426 g/mol. The Bertz CT molecular complexity index is 1170. The van der Waals surface area contributed by atoms with E-state index in [0.29, 0.717) is 37.1 Å². The van der Waals surface area contributed by atoms with Crippen LogP contribution >= 0.6 is 0 Å². The monoisotopic (exact) mass is 425 g/mol. The van der Waals surface area contributed by atoms with Crippen LogP contribution in [0.15, 0.2) is 47.4 Å². The summed E-state index contributed by atoms with van der Waals surface area (Å²) in [6.07, 6.45) is 0.600. The predicted molar refractivity (Wildman–Crippen MR) is 118 cm³/mol. The topological polar surface area (TPSA) is 82.2 Å². The highest BCUT2D eigenvalue weighted by Crippen LogP contribution is 2.23. The zero-order valence-corrected chi connectivity index (χ0v) is 18.6. The van der Waals surface area contributed by atoms with Crippen LogP contribution in [0.25, 0.3) is 11.0 Å². The third-order valence-corrected chi connectivity index (χ3v) is 7.15. The molecule has 0 atom stereocenters. The van der Waals surface area contributed by atoms with E-state index in [0.717, 1.165) is 16.9 Å². The number of sulfonamides is 1. The van der Waals surface area contributed by atoms with Crippen molar-refractivity contribution in [3.8, 4) is 6.07 Å². The summed E-state index contributed by atoms with van der Waals surface area (Å²) >= 11 is 0. The molecule has 0 spiro atoms. The summed E-state index contributed by atoms with van der Waals surface area (Å²) in [6.45, 7) is 3.37. The number of benzene rings is 2. The number of rotatable bonds is 8. The largest absolute Gasteiger partial charge is 0.331 e. The lowest BCUT2D eigenvalue weighted by atomic mass is 10.1. The molecule has 30 heavy (non-hydrogen) atoms. The van der Waals surface area contributed by atoms with Gasteiger partial charge in [0.2, 0.25) is 10.0 Å². The molecule has 0 aliphatic heterocycles. The van der Waals surface area contributed by atoms with Gasteiger partial charge in [-0.05, 0) is 50.0 Å².